The smallest absolute Gasteiger partial charge is 0.0162 e. The summed E-state index contributed by atoms with van der Waals surface area (Å²) in [5, 5.41) is 0. The van der Waals surface area contributed by atoms with Crippen LogP contribution in [0, 0.1) is 23.7 Å². The normalized spacial score (nSPS) is 30.2. The Labute approximate surface area is 169 Å². The monoisotopic (exact) mass is 368 g/mol. The van der Waals surface area contributed by atoms with Crippen LogP contribution in [0.3, 0.4) is 0 Å². The Hall–Kier alpha value is -0.780. The summed E-state index contributed by atoms with van der Waals surface area (Å²) < 4.78 is 0. The topological polar surface area (TPSA) is 0 Å². The third kappa shape index (κ3) is 6.10. The van der Waals surface area contributed by atoms with E-state index in [0.717, 1.165) is 29.6 Å². The fourth-order valence-corrected chi connectivity index (χ4v) is 6.15. The lowest BCUT2D eigenvalue weighted by Crippen LogP contribution is -2.23. The molecule has 0 aromatic heterocycles. The van der Waals surface area contributed by atoms with Gasteiger partial charge in [0.2, 0.25) is 0 Å². The average Bonchev–Trinajstić information content (AvgIpc) is 2.70. The van der Waals surface area contributed by atoms with Crippen LogP contribution >= 0.6 is 0 Å². The summed E-state index contributed by atoms with van der Waals surface area (Å²) in [7, 11) is 0. The Morgan fingerprint density at radius 2 is 1.41 bits per heavy atom. The summed E-state index contributed by atoms with van der Waals surface area (Å²) in [5.41, 5.74) is 3.12. The highest BCUT2D eigenvalue weighted by Crippen LogP contribution is 2.42. The lowest BCUT2D eigenvalue weighted by atomic mass is 9.70. The summed E-state index contributed by atoms with van der Waals surface area (Å²) in [5.74, 6) is 4.88. The summed E-state index contributed by atoms with van der Waals surface area (Å²) in [6, 6.07) is 9.60. The van der Waals surface area contributed by atoms with E-state index in [9.17, 15) is 0 Å². The summed E-state index contributed by atoms with van der Waals surface area (Å²) in [4.78, 5) is 0. The Balaban J connectivity index is 1.40. The molecule has 0 radical (unpaired) electrons. The van der Waals surface area contributed by atoms with Gasteiger partial charge < -0.3 is 0 Å². The first-order valence-corrected chi connectivity index (χ1v) is 12.3. The molecule has 3 rings (SSSR count). The van der Waals surface area contributed by atoms with Crippen LogP contribution in [0.2, 0.25) is 0 Å². The van der Waals surface area contributed by atoms with Gasteiger partial charge in [-0.3, -0.25) is 0 Å². The van der Waals surface area contributed by atoms with Crippen molar-refractivity contribution in [2.45, 2.75) is 110 Å². The van der Waals surface area contributed by atoms with E-state index in [0.29, 0.717) is 0 Å². The molecule has 0 nitrogen and oxygen atoms in total. The van der Waals surface area contributed by atoms with Crippen molar-refractivity contribution in [2.75, 3.05) is 0 Å². The minimum atomic E-state index is 0.830. The van der Waals surface area contributed by atoms with Crippen LogP contribution in [0.15, 0.2) is 24.3 Å². The molecule has 0 amide bonds. The van der Waals surface area contributed by atoms with Crippen LogP contribution in [0.4, 0.5) is 0 Å². The van der Waals surface area contributed by atoms with Crippen LogP contribution < -0.4 is 0 Å². The first-order valence-electron chi connectivity index (χ1n) is 12.3. The fraction of sp³-hybridized carbons (Fsp3) is 0.778. The second kappa shape index (κ2) is 10.7. The molecule has 0 saturated heterocycles. The molecule has 2 fully saturated rings. The third-order valence-corrected chi connectivity index (χ3v) is 7.93. The second-order valence-corrected chi connectivity index (χ2v) is 9.99. The first-order chi connectivity index (χ1) is 13.2. The molecule has 1 unspecified atom stereocenters. The molecule has 1 atom stereocenters. The Bertz CT molecular complexity index is 511. The highest BCUT2D eigenvalue weighted by molar-refractivity contribution is 5.25. The van der Waals surface area contributed by atoms with E-state index in [1.807, 2.05) is 0 Å². The molecular formula is C27H44. The Morgan fingerprint density at radius 3 is 2.00 bits per heavy atom. The van der Waals surface area contributed by atoms with Gasteiger partial charge in [0, 0.05) is 0 Å². The molecular weight excluding hydrogens is 324 g/mol. The lowest BCUT2D eigenvalue weighted by Gasteiger charge is -2.36. The van der Waals surface area contributed by atoms with Gasteiger partial charge in [0.1, 0.15) is 0 Å². The van der Waals surface area contributed by atoms with Crippen molar-refractivity contribution >= 4 is 0 Å². The van der Waals surface area contributed by atoms with Gasteiger partial charge >= 0.3 is 0 Å². The molecule has 2 aliphatic carbocycles. The standard InChI is InChI=1S/C27H44/c1-4-6-22-8-14-25(15-9-22)21(3)20-24-12-18-27(19-13-24)26-16-10-23(7-5-2)11-17-26/h10-11,16-17,21-22,24-25,27H,4-9,12-15,18-20H2,1-3H3. The van der Waals surface area contributed by atoms with Gasteiger partial charge in [-0.25, -0.2) is 0 Å². The third-order valence-electron chi connectivity index (χ3n) is 7.93. The van der Waals surface area contributed by atoms with E-state index in [1.165, 1.54) is 89.0 Å². The average molecular weight is 369 g/mol. The molecule has 0 N–H and O–H groups in total. The molecule has 0 spiro atoms. The van der Waals surface area contributed by atoms with Gasteiger partial charge in [-0.15, -0.1) is 0 Å². The van der Waals surface area contributed by atoms with Crippen LogP contribution in [0.25, 0.3) is 0 Å². The predicted octanol–water partition coefficient (Wildman–Crippen LogP) is 8.55. The van der Waals surface area contributed by atoms with Gasteiger partial charge in [0.25, 0.3) is 0 Å². The molecule has 0 bridgehead atoms. The maximum atomic E-state index is 2.57. The molecule has 1 aromatic carbocycles. The van der Waals surface area contributed by atoms with Crippen LogP contribution in [0.5, 0.6) is 0 Å². The lowest BCUT2D eigenvalue weighted by molar-refractivity contribution is 0.169. The number of rotatable bonds is 8. The van der Waals surface area contributed by atoms with Crippen LogP contribution in [-0.4, -0.2) is 0 Å². The highest BCUT2D eigenvalue weighted by Gasteiger charge is 2.28. The highest BCUT2D eigenvalue weighted by atomic mass is 14.3. The maximum absolute atomic E-state index is 2.57. The molecule has 0 heteroatoms. The van der Waals surface area contributed by atoms with Gasteiger partial charge in [0.15, 0.2) is 0 Å². The minimum absolute atomic E-state index is 0.830. The van der Waals surface area contributed by atoms with Crippen molar-refractivity contribution in [3.05, 3.63) is 35.4 Å². The van der Waals surface area contributed by atoms with Crippen molar-refractivity contribution in [1.82, 2.24) is 0 Å². The zero-order valence-electron chi connectivity index (χ0n) is 18.4. The van der Waals surface area contributed by atoms with E-state index in [1.54, 1.807) is 5.56 Å². The first kappa shape index (κ1) is 20.9. The number of benzene rings is 1. The van der Waals surface area contributed by atoms with Gasteiger partial charge in [-0.2, -0.15) is 0 Å². The molecule has 2 aliphatic rings. The van der Waals surface area contributed by atoms with E-state index >= 15 is 0 Å². The molecule has 27 heavy (non-hydrogen) atoms. The summed E-state index contributed by atoms with van der Waals surface area (Å²) >= 11 is 0. The molecule has 2 saturated carbocycles. The molecule has 1 aromatic rings. The summed E-state index contributed by atoms with van der Waals surface area (Å²) in [6.07, 6.45) is 18.7. The zero-order valence-corrected chi connectivity index (χ0v) is 18.4. The maximum Gasteiger partial charge on any atom is -0.0162 e. The zero-order chi connectivity index (χ0) is 19.1. The number of aryl methyl sites for hydroxylation is 1. The largest absolute Gasteiger partial charge is 0.0654 e. The van der Waals surface area contributed by atoms with Crippen molar-refractivity contribution in [2.24, 2.45) is 23.7 Å². The van der Waals surface area contributed by atoms with E-state index in [-0.39, 0.29) is 0 Å². The number of hydrogen-bond acceptors (Lipinski definition) is 0. The van der Waals surface area contributed by atoms with Crippen molar-refractivity contribution in [3.8, 4) is 0 Å². The predicted molar refractivity (Wildman–Crippen MR) is 119 cm³/mol. The van der Waals surface area contributed by atoms with E-state index in [4.69, 9.17) is 0 Å². The van der Waals surface area contributed by atoms with E-state index < -0.39 is 0 Å². The second-order valence-electron chi connectivity index (χ2n) is 9.99. The molecule has 0 heterocycles. The Morgan fingerprint density at radius 1 is 0.778 bits per heavy atom. The summed E-state index contributed by atoms with van der Waals surface area (Å²) in [6.45, 7) is 7.20. The van der Waals surface area contributed by atoms with Crippen LogP contribution in [0.1, 0.15) is 115 Å². The van der Waals surface area contributed by atoms with Crippen molar-refractivity contribution in [3.63, 3.8) is 0 Å². The SMILES string of the molecule is CCCc1ccc(C2CCC(CC(C)C3CCC(CCC)CC3)CC2)cc1. The number of hydrogen-bond donors (Lipinski definition) is 0. The molecule has 0 aliphatic heterocycles. The minimum Gasteiger partial charge on any atom is -0.0654 e. The van der Waals surface area contributed by atoms with Gasteiger partial charge in [0.05, 0.1) is 0 Å². The van der Waals surface area contributed by atoms with Crippen LogP contribution in [-0.2, 0) is 6.42 Å². The van der Waals surface area contributed by atoms with Gasteiger partial charge in [-0.05, 0) is 92.1 Å². The fourth-order valence-electron chi connectivity index (χ4n) is 6.15. The van der Waals surface area contributed by atoms with E-state index in [2.05, 4.69) is 45.0 Å². The van der Waals surface area contributed by atoms with Gasteiger partial charge in [-0.1, -0.05) is 77.1 Å². The van der Waals surface area contributed by atoms with Crippen molar-refractivity contribution < 1.29 is 0 Å². The quantitative estimate of drug-likeness (QED) is 0.431. The molecule has 152 valence electrons. The van der Waals surface area contributed by atoms with Crippen molar-refractivity contribution in [1.29, 1.82) is 0 Å². The Kier molecular flexibility index (Phi) is 8.28.